The van der Waals surface area contributed by atoms with Gasteiger partial charge in [-0.3, -0.25) is 0 Å². The molecule has 0 saturated carbocycles. The van der Waals surface area contributed by atoms with Gasteiger partial charge in [-0.05, 0) is 12.1 Å². The van der Waals surface area contributed by atoms with Crippen LogP contribution in [0.4, 0.5) is 0 Å². The first-order valence-corrected chi connectivity index (χ1v) is 7.31. The third kappa shape index (κ3) is 2.21. The molecule has 4 heteroatoms. The van der Waals surface area contributed by atoms with E-state index in [2.05, 4.69) is 70.9 Å². The van der Waals surface area contributed by atoms with E-state index in [9.17, 15) is 0 Å². The fourth-order valence-electron chi connectivity index (χ4n) is 2.49. The molecule has 0 radical (unpaired) electrons. The van der Waals surface area contributed by atoms with Gasteiger partial charge in [0.25, 0.3) is 0 Å². The Hall–Kier alpha value is -1.45. The molecule has 0 aliphatic carbocycles. The molecule has 0 atom stereocenters. The van der Waals surface area contributed by atoms with Gasteiger partial charge in [0.15, 0.2) is 0 Å². The number of rotatable bonds is 2. The standard InChI is InChI=1S/C16H13N2P.Li.H/c1-3-7-13-11(5-1)15(9-17-13)19-16-10-18-14-8-4-2-6-12(14)16;;/h1-10,17-19H;;/q;+1;-1. The number of aromatic nitrogens is 2. The third-order valence-electron chi connectivity index (χ3n) is 3.45. The summed E-state index contributed by atoms with van der Waals surface area (Å²) in [7, 11) is 0.671. The zero-order valence-electron chi connectivity index (χ0n) is 12.3. The van der Waals surface area contributed by atoms with Crippen molar-refractivity contribution in [2.24, 2.45) is 0 Å². The zero-order valence-corrected chi connectivity index (χ0v) is 12.3. The SMILES string of the molecule is [H-].[Li+].c1ccc2c(Pc3c[nH]c4ccccc34)c[nH]c2c1. The van der Waals surface area contributed by atoms with Crippen molar-refractivity contribution in [2.75, 3.05) is 0 Å². The Morgan fingerprint density at radius 3 is 1.65 bits per heavy atom. The molecule has 0 aliphatic rings. The summed E-state index contributed by atoms with van der Waals surface area (Å²) < 4.78 is 0. The van der Waals surface area contributed by atoms with Crippen LogP contribution >= 0.6 is 8.58 Å². The summed E-state index contributed by atoms with van der Waals surface area (Å²) in [6.45, 7) is 0. The van der Waals surface area contributed by atoms with Crippen LogP contribution in [0.3, 0.4) is 0 Å². The maximum absolute atomic E-state index is 3.35. The van der Waals surface area contributed by atoms with E-state index in [0.717, 1.165) is 0 Å². The molecule has 2 heterocycles. The van der Waals surface area contributed by atoms with Crippen molar-refractivity contribution in [3.05, 3.63) is 60.9 Å². The second kappa shape index (κ2) is 5.50. The fraction of sp³-hybridized carbons (Fsp3) is 0. The van der Waals surface area contributed by atoms with Crippen LogP contribution in [0, 0.1) is 0 Å². The number of H-pyrrole nitrogens is 2. The molecule has 2 nitrogen and oxygen atoms in total. The molecule has 94 valence electrons. The maximum Gasteiger partial charge on any atom is 1.00 e. The van der Waals surface area contributed by atoms with Crippen molar-refractivity contribution >= 4 is 41.0 Å². The average molecular weight is 272 g/mol. The van der Waals surface area contributed by atoms with Crippen LogP contribution in [-0.4, -0.2) is 9.97 Å². The van der Waals surface area contributed by atoms with E-state index in [1.54, 1.807) is 0 Å². The minimum atomic E-state index is 0. The van der Waals surface area contributed by atoms with Gasteiger partial charge in [0.1, 0.15) is 0 Å². The first-order chi connectivity index (χ1) is 9.42. The predicted octanol–water partition coefficient (Wildman–Crippen LogP) is 0.395. The Labute approximate surface area is 132 Å². The van der Waals surface area contributed by atoms with E-state index in [-0.39, 0.29) is 20.3 Å². The molecule has 0 amide bonds. The number of aromatic amines is 2. The summed E-state index contributed by atoms with van der Waals surface area (Å²) in [5.74, 6) is 0. The van der Waals surface area contributed by atoms with Crippen molar-refractivity contribution in [2.45, 2.75) is 0 Å². The molecule has 0 bridgehead atoms. The molecule has 0 saturated heterocycles. The molecule has 2 N–H and O–H groups in total. The van der Waals surface area contributed by atoms with Crippen LogP contribution in [0.15, 0.2) is 60.9 Å². The molecule has 4 rings (SSSR count). The largest absolute Gasteiger partial charge is 1.00 e. The molecule has 2 aromatic carbocycles. The summed E-state index contributed by atoms with van der Waals surface area (Å²) in [4.78, 5) is 6.69. The minimum absolute atomic E-state index is 0. The van der Waals surface area contributed by atoms with Crippen molar-refractivity contribution in [1.82, 2.24) is 9.97 Å². The number of hydrogen-bond donors (Lipinski definition) is 2. The molecular formula is C16H14LiN2P. The van der Waals surface area contributed by atoms with Crippen LogP contribution in [0.25, 0.3) is 21.8 Å². The Bertz CT molecular complexity index is 797. The molecule has 0 aliphatic heterocycles. The summed E-state index contributed by atoms with van der Waals surface area (Å²) in [6.07, 6.45) is 4.26. The summed E-state index contributed by atoms with van der Waals surface area (Å²) in [5.41, 5.74) is 2.43. The van der Waals surface area contributed by atoms with Crippen molar-refractivity contribution in [3.8, 4) is 0 Å². The van der Waals surface area contributed by atoms with Crippen LogP contribution in [0.1, 0.15) is 1.43 Å². The Morgan fingerprint density at radius 1 is 0.700 bits per heavy atom. The Kier molecular flexibility index (Phi) is 3.72. The maximum atomic E-state index is 3.35. The van der Waals surface area contributed by atoms with Gasteiger partial charge in [-0.2, -0.15) is 0 Å². The van der Waals surface area contributed by atoms with Gasteiger partial charge in [0.05, 0.1) is 0 Å². The first kappa shape index (κ1) is 13.5. The van der Waals surface area contributed by atoms with Crippen LogP contribution in [0.5, 0.6) is 0 Å². The summed E-state index contributed by atoms with van der Waals surface area (Å²) in [5, 5.41) is 5.40. The molecular weight excluding hydrogens is 258 g/mol. The van der Waals surface area contributed by atoms with E-state index in [1.807, 2.05) is 0 Å². The quantitative estimate of drug-likeness (QED) is 0.391. The molecule has 0 fully saturated rings. The van der Waals surface area contributed by atoms with Crippen molar-refractivity contribution < 1.29 is 20.3 Å². The predicted molar refractivity (Wildman–Crippen MR) is 85.3 cm³/mol. The number of para-hydroxylation sites is 2. The molecule has 2 aromatic heterocycles. The summed E-state index contributed by atoms with van der Waals surface area (Å²) >= 11 is 0. The van der Waals surface area contributed by atoms with Gasteiger partial charge in [0, 0.05) is 44.8 Å². The monoisotopic (exact) mass is 272 g/mol. The van der Waals surface area contributed by atoms with E-state index in [0.29, 0.717) is 8.58 Å². The van der Waals surface area contributed by atoms with E-state index < -0.39 is 0 Å². The number of nitrogens with one attached hydrogen (secondary N) is 2. The number of hydrogen-bond acceptors (Lipinski definition) is 0. The van der Waals surface area contributed by atoms with Gasteiger partial charge < -0.3 is 11.4 Å². The van der Waals surface area contributed by atoms with E-state index in [4.69, 9.17) is 0 Å². The topological polar surface area (TPSA) is 31.6 Å². The van der Waals surface area contributed by atoms with Gasteiger partial charge in [-0.1, -0.05) is 45.0 Å². The smallest absolute Gasteiger partial charge is 1.00 e. The Morgan fingerprint density at radius 2 is 1.15 bits per heavy atom. The van der Waals surface area contributed by atoms with Gasteiger partial charge in [-0.15, -0.1) is 0 Å². The minimum Gasteiger partial charge on any atom is -1.00 e. The van der Waals surface area contributed by atoms with Gasteiger partial charge in [-0.25, -0.2) is 0 Å². The third-order valence-corrected chi connectivity index (χ3v) is 4.81. The molecule has 4 aromatic rings. The van der Waals surface area contributed by atoms with Crippen molar-refractivity contribution in [3.63, 3.8) is 0 Å². The summed E-state index contributed by atoms with van der Waals surface area (Å²) in [6, 6.07) is 16.9. The normalized spacial score (nSPS) is 10.8. The molecule has 20 heavy (non-hydrogen) atoms. The zero-order chi connectivity index (χ0) is 12.7. The second-order valence-electron chi connectivity index (χ2n) is 4.62. The average Bonchev–Trinajstić information content (AvgIpc) is 3.05. The fourth-order valence-corrected chi connectivity index (χ4v) is 3.78. The number of fused-ring (bicyclic) bond motifs is 2. The van der Waals surface area contributed by atoms with E-state index >= 15 is 0 Å². The number of benzene rings is 2. The van der Waals surface area contributed by atoms with Crippen LogP contribution in [0.2, 0.25) is 0 Å². The van der Waals surface area contributed by atoms with Crippen molar-refractivity contribution in [1.29, 1.82) is 0 Å². The molecule has 0 unspecified atom stereocenters. The van der Waals surface area contributed by atoms with Gasteiger partial charge in [0.2, 0.25) is 0 Å². The second-order valence-corrected chi connectivity index (χ2v) is 5.95. The molecule has 0 spiro atoms. The van der Waals surface area contributed by atoms with E-state index in [1.165, 1.54) is 32.4 Å². The van der Waals surface area contributed by atoms with Crippen LogP contribution < -0.4 is 29.5 Å². The first-order valence-electron chi connectivity index (χ1n) is 6.31. The van der Waals surface area contributed by atoms with Crippen LogP contribution in [-0.2, 0) is 0 Å². The van der Waals surface area contributed by atoms with Gasteiger partial charge >= 0.3 is 18.9 Å². The Balaban J connectivity index is 0.000000807.